The van der Waals surface area contributed by atoms with E-state index in [1.165, 1.54) is 30.7 Å². The molecule has 1 aromatic carbocycles. The monoisotopic (exact) mass is 340 g/mol. The van der Waals surface area contributed by atoms with Gasteiger partial charge in [0.2, 0.25) is 0 Å². The third kappa shape index (κ3) is 6.07. The van der Waals surface area contributed by atoms with Crippen molar-refractivity contribution < 1.29 is 9.50 Å². The molecule has 0 spiro atoms. The van der Waals surface area contributed by atoms with E-state index in [2.05, 4.69) is 23.5 Å². The van der Waals surface area contributed by atoms with Crippen LogP contribution in [0.5, 0.6) is 0 Å². The van der Waals surface area contributed by atoms with Crippen molar-refractivity contribution in [2.45, 2.75) is 51.2 Å². The first-order valence-electron chi connectivity index (χ1n) is 8.59. The zero-order chi connectivity index (χ0) is 16.7. The molecule has 3 nitrogen and oxygen atoms in total. The highest BCUT2D eigenvalue weighted by atomic mass is 32.2. The Labute approximate surface area is 143 Å². The van der Waals surface area contributed by atoms with Gasteiger partial charge in [-0.25, -0.2) is 4.39 Å². The molecule has 0 bridgehead atoms. The summed E-state index contributed by atoms with van der Waals surface area (Å²) in [6, 6.07) is 6.21. The molecule has 2 N–H and O–H groups in total. The largest absolute Gasteiger partial charge is 0.387 e. The third-order valence-electron chi connectivity index (χ3n) is 4.55. The molecule has 1 heterocycles. The number of nitrogens with zero attached hydrogens (tertiary/aromatic N) is 1. The summed E-state index contributed by atoms with van der Waals surface area (Å²) in [5.74, 6) is 0.907. The van der Waals surface area contributed by atoms with E-state index in [0.717, 1.165) is 25.9 Å². The molecule has 0 aromatic heterocycles. The molecule has 0 amide bonds. The number of hydrogen-bond acceptors (Lipinski definition) is 4. The van der Waals surface area contributed by atoms with Crippen molar-refractivity contribution in [2.24, 2.45) is 0 Å². The first kappa shape index (κ1) is 18.7. The Morgan fingerprint density at radius 2 is 2.13 bits per heavy atom. The number of piperidine rings is 1. The maximum atomic E-state index is 13.2. The maximum Gasteiger partial charge on any atom is 0.123 e. The van der Waals surface area contributed by atoms with Gasteiger partial charge in [-0.05, 0) is 43.9 Å². The number of β-amino-alcohol motifs (C(OH)–C–C–N with tert-alkyl or cyclic N) is 1. The Hall–Kier alpha value is -0.620. The Morgan fingerprint density at radius 1 is 1.39 bits per heavy atom. The normalized spacial score (nSPS) is 19.7. The van der Waals surface area contributed by atoms with Gasteiger partial charge in [-0.15, -0.1) is 0 Å². The average Bonchev–Trinajstić information content (AvgIpc) is 2.55. The van der Waals surface area contributed by atoms with Gasteiger partial charge in [-0.2, -0.15) is 0 Å². The minimum atomic E-state index is -0.667. The number of rotatable bonds is 8. The van der Waals surface area contributed by atoms with Gasteiger partial charge in [0, 0.05) is 30.9 Å². The van der Waals surface area contributed by atoms with Crippen LogP contribution < -0.4 is 5.32 Å². The van der Waals surface area contributed by atoms with Crippen LogP contribution in [0.25, 0.3) is 0 Å². The van der Waals surface area contributed by atoms with Crippen LogP contribution in [0.15, 0.2) is 24.3 Å². The number of benzene rings is 1. The summed E-state index contributed by atoms with van der Waals surface area (Å²) in [6.45, 7) is 7.06. The highest BCUT2D eigenvalue weighted by Gasteiger charge is 2.30. The minimum absolute atomic E-state index is 0.0517. The number of halogens is 1. The number of hydrogen-bond donors (Lipinski definition) is 2. The van der Waals surface area contributed by atoms with Crippen molar-refractivity contribution in [2.75, 3.05) is 25.4 Å². The standard InChI is InChI=1S/C18H29FN2OS/c1-3-4-12-23-21-10-8-18(2,9-11-21)20-14-17(22)15-6-5-7-16(19)13-15/h5-7,13,17,20,22H,3-4,8-12,14H2,1-2H3. The van der Waals surface area contributed by atoms with Gasteiger partial charge >= 0.3 is 0 Å². The van der Waals surface area contributed by atoms with Gasteiger partial charge < -0.3 is 10.4 Å². The molecule has 23 heavy (non-hydrogen) atoms. The fourth-order valence-electron chi connectivity index (χ4n) is 2.80. The molecular formula is C18H29FN2OS. The summed E-state index contributed by atoms with van der Waals surface area (Å²) < 4.78 is 15.7. The predicted molar refractivity (Wildman–Crippen MR) is 95.9 cm³/mol. The van der Waals surface area contributed by atoms with Crippen LogP contribution in [0.3, 0.4) is 0 Å². The summed E-state index contributed by atoms with van der Waals surface area (Å²) in [5.41, 5.74) is 0.685. The van der Waals surface area contributed by atoms with Crippen molar-refractivity contribution in [3.63, 3.8) is 0 Å². The lowest BCUT2D eigenvalue weighted by atomic mass is 9.90. The third-order valence-corrected chi connectivity index (χ3v) is 5.75. The second-order valence-corrected chi connectivity index (χ2v) is 7.81. The average molecular weight is 341 g/mol. The Bertz CT molecular complexity index is 478. The Kier molecular flexibility index (Phi) is 7.34. The quantitative estimate of drug-likeness (QED) is 0.558. The van der Waals surface area contributed by atoms with Crippen LogP contribution in [-0.4, -0.2) is 40.3 Å². The van der Waals surface area contributed by atoms with Crippen LogP contribution in [0.4, 0.5) is 4.39 Å². The lowest BCUT2D eigenvalue weighted by molar-refractivity contribution is 0.140. The molecule has 1 fully saturated rings. The molecule has 1 unspecified atom stereocenters. The molecule has 1 aromatic rings. The highest BCUT2D eigenvalue weighted by molar-refractivity contribution is 7.97. The smallest absolute Gasteiger partial charge is 0.123 e. The number of aliphatic hydroxyl groups is 1. The molecule has 1 atom stereocenters. The van der Waals surface area contributed by atoms with Crippen molar-refractivity contribution >= 4 is 11.9 Å². The minimum Gasteiger partial charge on any atom is -0.387 e. The highest BCUT2D eigenvalue weighted by Crippen LogP contribution is 2.27. The molecule has 0 aliphatic carbocycles. The summed E-state index contributed by atoms with van der Waals surface area (Å²) in [6.07, 6.45) is 4.00. The van der Waals surface area contributed by atoms with Crippen molar-refractivity contribution in [1.82, 2.24) is 9.62 Å². The van der Waals surface area contributed by atoms with E-state index in [9.17, 15) is 9.50 Å². The molecule has 0 saturated carbocycles. The molecule has 1 aliphatic heterocycles. The molecular weight excluding hydrogens is 311 g/mol. The van der Waals surface area contributed by atoms with Crippen LogP contribution in [0.2, 0.25) is 0 Å². The summed E-state index contributed by atoms with van der Waals surface area (Å²) in [5, 5.41) is 13.7. The molecule has 1 aliphatic rings. The van der Waals surface area contributed by atoms with Gasteiger partial charge in [-0.1, -0.05) is 37.4 Å². The second-order valence-electron chi connectivity index (χ2n) is 6.63. The van der Waals surface area contributed by atoms with Crippen molar-refractivity contribution in [3.8, 4) is 0 Å². The Morgan fingerprint density at radius 3 is 2.78 bits per heavy atom. The van der Waals surface area contributed by atoms with Crippen LogP contribution in [-0.2, 0) is 0 Å². The van der Waals surface area contributed by atoms with Gasteiger partial charge in [0.25, 0.3) is 0 Å². The van der Waals surface area contributed by atoms with Gasteiger partial charge in [0.15, 0.2) is 0 Å². The lowest BCUT2D eigenvalue weighted by Crippen LogP contribution is -2.51. The number of nitrogens with one attached hydrogen (secondary N) is 1. The Balaban J connectivity index is 1.75. The molecule has 0 radical (unpaired) electrons. The van der Waals surface area contributed by atoms with E-state index in [-0.39, 0.29) is 11.4 Å². The van der Waals surface area contributed by atoms with Gasteiger partial charge in [0.1, 0.15) is 5.82 Å². The molecule has 1 saturated heterocycles. The fraction of sp³-hybridized carbons (Fsp3) is 0.667. The summed E-state index contributed by atoms with van der Waals surface area (Å²) in [7, 11) is 0. The van der Waals surface area contributed by atoms with Gasteiger partial charge in [0.05, 0.1) is 6.10 Å². The van der Waals surface area contributed by atoms with Crippen LogP contribution >= 0.6 is 11.9 Å². The number of aliphatic hydroxyl groups excluding tert-OH is 1. The molecule has 5 heteroatoms. The maximum absolute atomic E-state index is 13.2. The van der Waals surface area contributed by atoms with Crippen LogP contribution in [0.1, 0.15) is 51.2 Å². The zero-order valence-corrected chi connectivity index (χ0v) is 15.0. The van der Waals surface area contributed by atoms with E-state index < -0.39 is 6.10 Å². The van der Waals surface area contributed by atoms with E-state index in [4.69, 9.17) is 0 Å². The first-order chi connectivity index (χ1) is 11.0. The molecule has 2 rings (SSSR count). The van der Waals surface area contributed by atoms with Crippen molar-refractivity contribution in [1.29, 1.82) is 0 Å². The van der Waals surface area contributed by atoms with Gasteiger partial charge in [-0.3, -0.25) is 4.31 Å². The summed E-state index contributed by atoms with van der Waals surface area (Å²) in [4.78, 5) is 0. The first-order valence-corrected chi connectivity index (χ1v) is 9.53. The molecule has 130 valence electrons. The van der Waals surface area contributed by atoms with E-state index in [1.54, 1.807) is 12.1 Å². The van der Waals surface area contributed by atoms with E-state index in [1.807, 2.05) is 11.9 Å². The topological polar surface area (TPSA) is 35.5 Å². The lowest BCUT2D eigenvalue weighted by Gasteiger charge is -2.40. The predicted octanol–water partition coefficient (Wildman–Crippen LogP) is 3.75. The SMILES string of the molecule is CCCCSN1CCC(C)(NCC(O)c2cccc(F)c2)CC1. The van der Waals surface area contributed by atoms with Crippen molar-refractivity contribution in [3.05, 3.63) is 35.6 Å². The van der Waals surface area contributed by atoms with E-state index >= 15 is 0 Å². The fourth-order valence-corrected chi connectivity index (χ4v) is 3.92. The van der Waals surface area contributed by atoms with E-state index in [0.29, 0.717) is 12.1 Å². The second kappa shape index (κ2) is 9.02. The zero-order valence-electron chi connectivity index (χ0n) is 14.2. The van der Waals surface area contributed by atoms with Crippen LogP contribution in [0, 0.1) is 5.82 Å². The number of unbranched alkanes of at least 4 members (excludes halogenated alkanes) is 1. The summed E-state index contributed by atoms with van der Waals surface area (Å²) >= 11 is 1.96.